The van der Waals surface area contributed by atoms with E-state index in [1.165, 1.54) is 35.1 Å². The number of nitrogens with zero attached hydrogens (tertiary/aromatic N) is 2. The Morgan fingerprint density at radius 3 is 2.45 bits per heavy atom. The van der Waals surface area contributed by atoms with Crippen LogP contribution in [0.4, 0.5) is 22.0 Å². The van der Waals surface area contributed by atoms with Crippen LogP contribution in [0.1, 0.15) is 27.2 Å². The maximum Gasteiger partial charge on any atom is 0.416 e. The molecular formula is C20H16F5N3O. The highest BCUT2D eigenvalue weighted by molar-refractivity contribution is 5.95. The summed E-state index contributed by atoms with van der Waals surface area (Å²) in [7, 11) is 0. The van der Waals surface area contributed by atoms with E-state index in [0.717, 1.165) is 18.2 Å². The van der Waals surface area contributed by atoms with Crippen molar-refractivity contribution >= 4 is 5.91 Å². The van der Waals surface area contributed by atoms with Crippen molar-refractivity contribution in [1.82, 2.24) is 15.1 Å². The molecule has 1 aromatic heterocycles. The quantitative estimate of drug-likeness (QED) is 0.633. The van der Waals surface area contributed by atoms with E-state index in [-0.39, 0.29) is 24.2 Å². The van der Waals surface area contributed by atoms with Crippen LogP contribution in [0, 0.1) is 18.6 Å². The molecule has 4 nitrogen and oxygen atoms in total. The Hall–Kier alpha value is -3.23. The molecule has 0 radical (unpaired) electrons. The molecule has 1 heterocycles. The molecule has 0 aliphatic rings. The van der Waals surface area contributed by atoms with Gasteiger partial charge in [-0.2, -0.15) is 18.3 Å². The average Bonchev–Trinajstić information content (AvgIpc) is 3.02. The third-order valence-corrected chi connectivity index (χ3v) is 4.29. The van der Waals surface area contributed by atoms with Gasteiger partial charge in [-0.3, -0.25) is 4.79 Å². The Morgan fingerprint density at radius 2 is 1.79 bits per heavy atom. The van der Waals surface area contributed by atoms with Gasteiger partial charge in [0.25, 0.3) is 5.91 Å². The first kappa shape index (κ1) is 20.5. The minimum absolute atomic E-state index is 0.121. The highest BCUT2D eigenvalue weighted by atomic mass is 19.4. The summed E-state index contributed by atoms with van der Waals surface area (Å²) in [6, 6.07) is 7.71. The van der Waals surface area contributed by atoms with E-state index in [4.69, 9.17) is 0 Å². The van der Waals surface area contributed by atoms with E-state index in [1.807, 2.05) is 0 Å². The number of rotatable bonds is 5. The summed E-state index contributed by atoms with van der Waals surface area (Å²) in [6.07, 6.45) is -3.03. The molecule has 0 unspecified atom stereocenters. The Morgan fingerprint density at radius 1 is 1.10 bits per heavy atom. The predicted octanol–water partition coefficient (Wildman–Crippen LogP) is 4.45. The SMILES string of the molecule is Cc1c(C(=O)NCCc2cc(F)cc(F)c2)cnn1-c1cccc(C(F)(F)F)c1. The molecule has 0 spiro atoms. The molecule has 0 aliphatic carbocycles. The lowest BCUT2D eigenvalue weighted by molar-refractivity contribution is -0.137. The molecule has 29 heavy (non-hydrogen) atoms. The fourth-order valence-corrected chi connectivity index (χ4v) is 2.88. The van der Waals surface area contributed by atoms with Gasteiger partial charge in [0, 0.05) is 12.6 Å². The van der Waals surface area contributed by atoms with Crippen molar-refractivity contribution in [2.45, 2.75) is 19.5 Å². The van der Waals surface area contributed by atoms with Crippen LogP contribution in [0.5, 0.6) is 0 Å². The van der Waals surface area contributed by atoms with Crippen LogP contribution in [0.15, 0.2) is 48.7 Å². The van der Waals surface area contributed by atoms with Gasteiger partial charge in [0.2, 0.25) is 0 Å². The van der Waals surface area contributed by atoms with Crippen molar-refractivity contribution in [2.24, 2.45) is 0 Å². The molecule has 152 valence electrons. The fourth-order valence-electron chi connectivity index (χ4n) is 2.88. The molecule has 0 atom stereocenters. The van der Waals surface area contributed by atoms with Gasteiger partial charge in [-0.05, 0) is 49.2 Å². The Balaban J connectivity index is 1.71. The van der Waals surface area contributed by atoms with Crippen LogP contribution in [-0.2, 0) is 12.6 Å². The van der Waals surface area contributed by atoms with Gasteiger partial charge in [0.15, 0.2) is 0 Å². The summed E-state index contributed by atoms with van der Waals surface area (Å²) in [5.41, 5.74) is 0.287. The molecule has 3 rings (SSSR count). The molecule has 1 N–H and O–H groups in total. The van der Waals surface area contributed by atoms with E-state index >= 15 is 0 Å². The molecule has 9 heteroatoms. The average molecular weight is 409 g/mol. The van der Waals surface area contributed by atoms with E-state index in [0.29, 0.717) is 11.3 Å². The van der Waals surface area contributed by atoms with Gasteiger partial charge < -0.3 is 5.32 Å². The second kappa shape index (κ2) is 8.02. The Labute approximate surface area is 163 Å². The third kappa shape index (κ3) is 4.79. The number of hydrogen-bond acceptors (Lipinski definition) is 2. The Bertz CT molecular complexity index is 1020. The number of nitrogens with one attached hydrogen (secondary N) is 1. The van der Waals surface area contributed by atoms with Crippen molar-refractivity contribution in [1.29, 1.82) is 0 Å². The van der Waals surface area contributed by atoms with Crippen molar-refractivity contribution in [3.63, 3.8) is 0 Å². The summed E-state index contributed by atoms with van der Waals surface area (Å²) in [4.78, 5) is 12.4. The molecular weight excluding hydrogens is 393 g/mol. The molecule has 3 aromatic rings. The first-order chi connectivity index (χ1) is 13.6. The number of aromatic nitrogens is 2. The van der Waals surface area contributed by atoms with E-state index in [1.54, 1.807) is 6.92 Å². The molecule has 0 aliphatic heterocycles. The van der Waals surface area contributed by atoms with Gasteiger partial charge in [-0.15, -0.1) is 0 Å². The molecule has 0 saturated carbocycles. The van der Waals surface area contributed by atoms with E-state index < -0.39 is 29.3 Å². The summed E-state index contributed by atoms with van der Waals surface area (Å²) < 4.78 is 66.3. The maximum atomic E-state index is 13.2. The summed E-state index contributed by atoms with van der Waals surface area (Å²) in [5, 5.41) is 6.62. The van der Waals surface area contributed by atoms with Crippen LogP contribution < -0.4 is 5.32 Å². The topological polar surface area (TPSA) is 46.9 Å². The van der Waals surface area contributed by atoms with Crippen molar-refractivity contribution in [3.8, 4) is 5.69 Å². The van der Waals surface area contributed by atoms with Gasteiger partial charge in [-0.1, -0.05) is 6.07 Å². The normalized spacial score (nSPS) is 11.5. The van der Waals surface area contributed by atoms with Crippen LogP contribution in [0.3, 0.4) is 0 Å². The zero-order valence-corrected chi connectivity index (χ0v) is 15.2. The first-order valence-corrected chi connectivity index (χ1v) is 8.60. The predicted molar refractivity (Wildman–Crippen MR) is 95.7 cm³/mol. The van der Waals surface area contributed by atoms with Gasteiger partial charge in [-0.25, -0.2) is 13.5 Å². The van der Waals surface area contributed by atoms with Crippen molar-refractivity contribution in [3.05, 3.63) is 82.7 Å². The van der Waals surface area contributed by atoms with Crippen molar-refractivity contribution < 1.29 is 26.7 Å². The van der Waals surface area contributed by atoms with E-state index in [2.05, 4.69) is 10.4 Å². The number of hydrogen-bond donors (Lipinski definition) is 1. The number of amides is 1. The zero-order chi connectivity index (χ0) is 21.2. The van der Waals surface area contributed by atoms with Crippen LogP contribution >= 0.6 is 0 Å². The lowest BCUT2D eigenvalue weighted by Crippen LogP contribution is -2.26. The Kier molecular flexibility index (Phi) is 5.67. The van der Waals surface area contributed by atoms with Crippen LogP contribution in [-0.4, -0.2) is 22.2 Å². The summed E-state index contributed by atoms with van der Waals surface area (Å²) >= 11 is 0. The largest absolute Gasteiger partial charge is 0.416 e. The molecule has 0 bridgehead atoms. The van der Waals surface area contributed by atoms with Crippen LogP contribution in [0.2, 0.25) is 0 Å². The number of alkyl halides is 3. The minimum Gasteiger partial charge on any atom is -0.352 e. The minimum atomic E-state index is -4.49. The van der Waals surface area contributed by atoms with Gasteiger partial charge in [0.05, 0.1) is 28.7 Å². The number of halogens is 5. The number of carbonyl (C=O) groups is 1. The second-order valence-corrected chi connectivity index (χ2v) is 6.39. The van der Waals surface area contributed by atoms with Gasteiger partial charge in [0.1, 0.15) is 11.6 Å². The van der Waals surface area contributed by atoms with Crippen LogP contribution in [0.25, 0.3) is 5.69 Å². The summed E-state index contributed by atoms with van der Waals surface area (Å²) in [6.45, 7) is 1.68. The molecule has 0 fully saturated rings. The monoisotopic (exact) mass is 409 g/mol. The first-order valence-electron chi connectivity index (χ1n) is 8.60. The lowest BCUT2D eigenvalue weighted by atomic mass is 10.1. The highest BCUT2D eigenvalue weighted by Crippen LogP contribution is 2.30. The smallest absolute Gasteiger partial charge is 0.352 e. The number of carbonyl (C=O) groups excluding carboxylic acids is 1. The summed E-state index contributed by atoms with van der Waals surface area (Å²) in [5.74, 6) is -1.90. The van der Waals surface area contributed by atoms with Crippen molar-refractivity contribution in [2.75, 3.05) is 6.54 Å². The molecule has 2 aromatic carbocycles. The third-order valence-electron chi connectivity index (χ3n) is 4.29. The fraction of sp³-hybridized carbons (Fsp3) is 0.200. The molecule has 0 saturated heterocycles. The highest BCUT2D eigenvalue weighted by Gasteiger charge is 2.30. The second-order valence-electron chi connectivity index (χ2n) is 6.39. The van der Waals surface area contributed by atoms with Gasteiger partial charge >= 0.3 is 6.18 Å². The zero-order valence-electron chi connectivity index (χ0n) is 15.2. The van der Waals surface area contributed by atoms with E-state index in [9.17, 15) is 26.7 Å². The lowest BCUT2D eigenvalue weighted by Gasteiger charge is -2.10. The number of benzene rings is 2. The maximum absolute atomic E-state index is 13.2. The molecule has 1 amide bonds. The standard InChI is InChI=1S/C20H16F5N3O/c1-12-18(19(29)26-6-5-13-7-15(21)10-16(22)8-13)11-27-28(12)17-4-2-3-14(9-17)20(23,24)25/h2-4,7-11H,5-6H2,1H3,(H,26,29).